The van der Waals surface area contributed by atoms with Crippen LogP contribution in [0.3, 0.4) is 0 Å². The number of benzene rings is 2. The molecule has 1 heterocycles. The number of ether oxygens (including phenoxy) is 1. The van der Waals surface area contributed by atoms with Crippen molar-refractivity contribution in [3.8, 4) is 5.75 Å². The molecule has 0 fully saturated rings. The highest BCUT2D eigenvalue weighted by Gasteiger charge is 2.10. The Labute approximate surface area is 186 Å². The molecule has 0 atom stereocenters. The van der Waals surface area contributed by atoms with Gasteiger partial charge in [0.1, 0.15) is 5.75 Å². The highest BCUT2D eigenvalue weighted by Crippen LogP contribution is 2.34. The maximum absolute atomic E-state index is 6.21. The highest BCUT2D eigenvalue weighted by molar-refractivity contribution is 6.31. The van der Waals surface area contributed by atoms with Gasteiger partial charge in [-0.15, -0.1) is 0 Å². The summed E-state index contributed by atoms with van der Waals surface area (Å²) in [5.74, 6) is 0.847. The SMILES string of the molecule is CCCCCCCCCCCCNc1c2ccc(Cl)cc2nc2ccc(OC)cc12. The quantitative estimate of drug-likeness (QED) is 0.220. The third-order valence-corrected chi connectivity index (χ3v) is 6.01. The Morgan fingerprint density at radius 3 is 2.20 bits per heavy atom. The minimum atomic E-state index is 0.712. The van der Waals surface area contributed by atoms with Gasteiger partial charge in [-0.3, -0.25) is 0 Å². The van der Waals surface area contributed by atoms with E-state index in [2.05, 4.69) is 24.4 Å². The maximum Gasteiger partial charge on any atom is 0.119 e. The molecule has 1 N–H and O–H groups in total. The molecule has 3 rings (SSSR count). The Morgan fingerprint density at radius 1 is 0.800 bits per heavy atom. The van der Waals surface area contributed by atoms with Gasteiger partial charge in [0.25, 0.3) is 0 Å². The lowest BCUT2D eigenvalue weighted by Crippen LogP contribution is -2.04. The van der Waals surface area contributed by atoms with Crippen LogP contribution in [0, 0.1) is 0 Å². The molecule has 0 saturated heterocycles. The molecule has 0 spiro atoms. The topological polar surface area (TPSA) is 34.2 Å². The maximum atomic E-state index is 6.21. The number of unbranched alkanes of at least 4 members (excludes halogenated alkanes) is 9. The largest absolute Gasteiger partial charge is 0.497 e. The van der Waals surface area contributed by atoms with E-state index in [0.29, 0.717) is 5.02 Å². The van der Waals surface area contributed by atoms with Crippen molar-refractivity contribution in [1.82, 2.24) is 4.98 Å². The zero-order valence-corrected chi connectivity index (χ0v) is 19.2. The number of hydrogen-bond donors (Lipinski definition) is 1. The van der Waals surface area contributed by atoms with Crippen molar-refractivity contribution in [3.63, 3.8) is 0 Å². The number of rotatable bonds is 13. The first-order chi connectivity index (χ1) is 14.7. The minimum absolute atomic E-state index is 0.712. The molecule has 162 valence electrons. The number of aromatic nitrogens is 1. The molecule has 0 aliphatic carbocycles. The summed E-state index contributed by atoms with van der Waals surface area (Å²) in [5.41, 5.74) is 3.00. The molecule has 3 nitrogen and oxygen atoms in total. The van der Waals surface area contributed by atoms with E-state index < -0.39 is 0 Å². The van der Waals surface area contributed by atoms with Gasteiger partial charge in [0.05, 0.1) is 23.8 Å². The summed E-state index contributed by atoms with van der Waals surface area (Å²) >= 11 is 6.21. The first kappa shape index (κ1) is 22.7. The van der Waals surface area contributed by atoms with Gasteiger partial charge in [0.2, 0.25) is 0 Å². The zero-order valence-electron chi connectivity index (χ0n) is 18.5. The van der Waals surface area contributed by atoms with Crippen LogP contribution < -0.4 is 10.1 Å². The summed E-state index contributed by atoms with van der Waals surface area (Å²) in [6.45, 7) is 3.24. The number of nitrogens with zero attached hydrogens (tertiary/aromatic N) is 1. The third-order valence-electron chi connectivity index (χ3n) is 5.78. The number of pyridine rings is 1. The van der Waals surface area contributed by atoms with Gasteiger partial charge < -0.3 is 10.1 Å². The van der Waals surface area contributed by atoms with Crippen LogP contribution in [-0.4, -0.2) is 18.6 Å². The molecule has 0 saturated carbocycles. The van der Waals surface area contributed by atoms with Crippen molar-refractivity contribution in [1.29, 1.82) is 0 Å². The lowest BCUT2D eigenvalue weighted by atomic mass is 10.1. The van der Waals surface area contributed by atoms with E-state index in [-0.39, 0.29) is 0 Å². The number of methoxy groups -OCH3 is 1. The molecule has 3 aromatic rings. The predicted octanol–water partition coefficient (Wildman–Crippen LogP) is 8.38. The van der Waals surface area contributed by atoms with E-state index in [4.69, 9.17) is 21.3 Å². The molecule has 0 amide bonds. The van der Waals surface area contributed by atoms with Crippen molar-refractivity contribution >= 4 is 39.1 Å². The average Bonchev–Trinajstić information content (AvgIpc) is 2.76. The Morgan fingerprint density at radius 2 is 1.50 bits per heavy atom. The molecule has 4 heteroatoms. The van der Waals surface area contributed by atoms with Crippen LogP contribution in [0.4, 0.5) is 5.69 Å². The predicted molar refractivity (Wildman–Crippen MR) is 131 cm³/mol. The summed E-state index contributed by atoms with van der Waals surface area (Å²) in [7, 11) is 1.70. The van der Waals surface area contributed by atoms with Gasteiger partial charge in [0, 0.05) is 22.3 Å². The fourth-order valence-electron chi connectivity index (χ4n) is 4.04. The van der Waals surface area contributed by atoms with Crippen LogP contribution in [0.5, 0.6) is 5.75 Å². The number of halogens is 1. The average molecular weight is 427 g/mol. The second kappa shape index (κ2) is 12.0. The van der Waals surface area contributed by atoms with Crippen LogP contribution in [0.25, 0.3) is 21.8 Å². The summed E-state index contributed by atoms with van der Waals surface area (Å²) < 4.78 is 5.44. The Bertz CT molecular complexity index is 941. The van der Waals surface area contributed by atoms with Gasteiger partial charge >= 0.3 is 0 Å². The standard InChI is InChI=1S/C26H35ClN2O/c1-3-4-5-6-7-8-9-10-11-12-17-28-26-22-15-13-20(27)18-25(22)29-24-16-14-21(30-2)19-23(24)26/h13-16,18-19H,3-12,17H2,1-2H3,(H,28,29). The normalized spacial score (nSPS) is 11.3. The fourth-order valence-corrected chi connectivity index (χ4v) is 4.21. The molecule has 1 aromatic heterocycles. The van der Waals surface area contributed by atoms with Crippen molar-refractivity contribution in [2.24, 2.45) is 0 Å². The molecule has 0 aliphatic heterocycles. The summed E-state index contributed by atoms with van der Waals surface area (Å²) in [6.07, 6.45) is 13.5. The van der Waals surface area contributed by atoms with E-state index in [1.54, 1.807) is 7.11 Å². The molecule has 0 aliphatic rings. The minimum Gasteiger partial charge on any atom is -0.497 e. The van der Waals surface area contributed by atoms with Crippen LogP contribution in [0.1, 0.15) is 71.1 Å². The van der Waals surface area contributed by atoms with Gasteiger partial charge in [-0.25, -0.2) is 4.98 Å². The van der Waals surface area contributed by atoms with Gasteiger partial charge in [0.15, 0.2) is 0 Å². The Balaban J connectivity index is 1.57. The number of nitrogens with one attached hydrogen (secondary N) is 1. The zero-order chi connectivity index (χ0) is 21.2. The van der Waals surface area contributed by atoms with E-state index in [9.17, 15) is 0 Å². The van der Waals surface area contributed by atoms with Gasteiger partial charge in [-0.05, 0) is 42.8 Å². The monoisotopic (exact) mass is 426 g/mol. The highest BCUT2D eigenvalue weighted by atomic mass is 35.5. The van der Waals surface area contributed by atoms with E-state index in [0.717, 1.165) is 39.8 Å². The molecular formula is C26H35ClN2O. The molecule has 30 heavy (non-hydrogen) atoms. The molecule has 0 bridgehead atoms. The fraction of sp³-hybridized carbons (Fsp3) is 0.500. The van der Waals surface area contributed by atoms with Gasteiger partial charge in [-0.1, -0.05) is 76.3 Å². The van der Waals surface area contributed by atoms with Crippen LogP contribution in [-0.2, 0) is 0 Å². The summed E-state index contributed by atoms with van der Waals surface area (Å²) in [6, 6.07) is 12.0. The third kappa shape index (κ3) is 6.25. The Kier molecular flexibility index (Phi) is 9.07. The van der Waals surface area contributed by atoms with Crippen molar-refractivity contribution in [3.05, 3.63) is 41.4 Å². The summed E-state index contributed by atoms with van der Waals surface area (Å²) in [5, 5.41) is 6.60. The first-order valence-electron chi connectivity index (χ1n) is 11.5. The number of anilines is 1. The van der Waals surface area contributed by atoms with Crippen LogP contribution in [0.2, 0.25) is 5.02 Å². The second-order valence-corrected chi connectivity index (χ2v) is 8.58. The first-order valence-corrected chi connectivity index (χ1v) is 11.9. The van der Waals surface area contributed by atoms with Gasteiger partial charge in [-0.2, -0.15) is 0 Å². The van der Waals surface area contributed by atoms with Crippen molar-refractivity contribution in [2.45, 2.75) is 71.1 Å². The van der Waals surface area contributed by atoms with E-state index >= 15 is 0 Å². The number of fused-ring (bicyclic) bond motifs is 2. The van der Waals surface area contributed by atoms with E-state index in [1.165, 1.54) is 64.2 Å². The lowest BCUT2D eigenvalue weighted by molar-refractivity contribution is 0.415. The van der Waals surface area contributed by atoms with Crippen LogP contribution in [0.15, 0.2) is 36.4 Å². The molecule has 0 radical (unpaired) electrons. The smallest absolute Gasteiger partial charge is 0.119 e. The molecule has 0 unspecified atom stereocenters. The molecule has 2 aromatic carbocycles. The van der Waals surface area contributed by atoms with Crippen LogP contribution >= 0.6 is 11.6 Å². The summed E-state index contributed by atoms with van der Waals surface area (Å²) in [4.78, 5) is 4.80. The number of hydrogen-bond acceptors (Lipinski definition) is 3. The second-order valence-electron chi connectivity index (χ2n) is 8.14. The Hall–Kier alpha value is -2.00. The van der Waals surface area contributed by atoms with E-state index in [1.807, 2.05) is 24.3 Å². The van der Waals surface area contributed by atoms with Crippen molar-refractivity contribution < 1.29 is 4.74 Å². The lowest BCUT2D eigenvalue weighted by Gasteiger charge is -2.14. The molecular weight excluding hydrogens is 392 g/mol. The van der Waals surface area contributed by atoms with Crippen molar-refractivity contribution in [2.75, 3.05) is 19.0 Å².